The van der Waals surface area contributed by atoms with Crippen molar-refractivity contribution >= 4 is 23.2 Å². The van der Waals surface area contributed by atoms with E-state index >= 15 is 0 Å². The summed E-state index contributed by atoms with van der Waals surface area (Å²) in [6, 6.07) is 0. The molecule has 0 fully saturated rings. The van der Waals surface area contributed by atoms with Gasteiger partial charge in [-0.15, -0.1) is 11.3 Å². The summed E-state index contributed by atoms with van der Waals surface area (Å²) in [7, 11) is 1.69. The maximum absolute atomic E-state index is 11.5. The maximum Gasteiger partial charge on any atom is 0.239 e. The lowest BCUT2D eigenvalue weighted by Gasteiger charge is -2.11. The SMILES string of the molecule is CCCNC(=O)CNC(=NC)NCCc1ncc(C)s1. The van der Waals surface area contributed by atoms with E-state index in [1.165, 1.54) is 4.88 Å². The molecule has 0 radical (unpaired) electrons. The standard InChI is InChI=1S/C13H23N5OS/c1-4-6-15-11(19)9-18-13(14-3)16-7-5-12-17-8-10(2)20-12/h8H,4-7,9H2,1-3H3,(H,15,19)(H2,14,16,18). The molecule has 1 rings (SSSR count). The van der Waals surface area contributed by atoms with Gasteiger partial charge >= 0.3 is 0 Å². The van der Waals surface area contributed by atoms with Gasteiger partial charge in [-0.3, -0.25) is 9.79 Å². The maximum atomic E-state index is 11.5. The van der Waals surface area contributed by atoms with Crippen molar-refractivity contribution in [2.24, 2.45) is 4.99 Å². The van der Waals surface area contributed by atoms with Gasteiger partial charge in [-0.1, -0.05) is 6.92 Å². The monoisotopic (exact) mass is 297 g/mol. The van der Waals surface area contributed by atoms with Crippen LogP contribution in [0.2, 0.25) is 0 Å². The van der Waals surface area contributed by atoms with Gasteiger partial charge < -0.3 is 16.0 Å². The van der Waals surface area contributed by atoms with Crippen molar-refractivity contribution < 1.29 is 4.79 Å². The highest BCUT2D eigenvalue weighted by Crippen LogP contribution is 2.10. The Morgan fingerprint density at radius 2 is 2.15 bits per heavy atom. The minimum atomic E-state index is -0.0228. The van der Waals surface area contributed by atoms with Crippen molar-refractivity contribution in [3.05, 3.63) is 16.1 Å². The molecule has 112 valence electrons. The molecule has 0 saturated heterocycles. The van der Waals surface area contributed by atoms with E-state index in [2.05, 4.69) is 25.9 Å². The summed E-state index contributed by atoms with van der Waals surface area (Å²) >= 11 is 1.70. The van der Waals surface area contributed by atoms with E-state index in [4.69, 9.17) is 0 Å². The summed E-state index contributed by atoms with van der Waals surface area (Å²) in [4.78, 5) is 21.0. The van der Waals surface area contributed by atoms with Crippen molar-refractivity contribution in [1.82, 2.24) is 20.9 Å². The van der Waals surface area contributed by atoms with Crippen molar-refractivity contribution in [2.45, 2.75) is 26.7 Å². The molecule has 0 aliphatic heterocycles. The van der Waals surface area contributed by atoms with Gasteiger partial charge in [-0.25, -0.2) is 4.98 Å². The summed E-state index contributed by atoms with van der Waals surface area (Å²) in [5.74, 6) is 0.607. The molecule has 0 saturated carbocycles. The Morgan fingerprint density at radius 1 is 1.35 bits per heavy atom. The number of hydrogen-bond acceptors (Lipinski definition) is 4. The third-order valence-electron chi connectivity index (χ3n) is 2.51. The lowest BCUT2D eigenvalue weighted by atomic mass is 10.4. The van der Waals surface area contributed by atoms with Crippen LogP contribution in [0.25, 0.3) is 0 Å². The molecule has 3 N–H and O–H groups in total. The molecule has 1 amide bonds. The van der Waals surface area contributed by atoms with Gasteiger partial charge in [0.05, 0.1) is 11.6 Å². The van der Waals surface area contributed by atoms with E-state index in [1.807, 2.05) is 20.0 Å². The van der Waals surface area contributed by atoms with E-state index < -0.39 is 0 Å². The van der Waals surface area contributed by atoms with Gasteiger partial charge in [0.1, 0.15) is 0 Å². The highest BCUT2D eigenvalue weighted by Gasteiger charge is 2.03. The van der Waals surface area contributed by atoms with Crippen LogP contribution in [-0.2, 0) is 11.2 Å². The first-order chi connectivity index (χ1) is 9.65. The van der Waals surface area contributed by atoms with Crippen LogP contribution in [0.3, 0.4) is 0 Å². The Kier molecular flexibility index (Phi) is 7.64. The van der Waals surface area contributed by atoms with Gasteiger partial charge in [0.15, 0.2) is 5.96 Å². The molecule has 0 aliphatic carbocycles. The van der Waals surface area contributed by atoms with Crippen LogP contribution >= 0.6 is 11.3 Å². The second kappa shape index (κ2) is 9.30. The number of nitrogens with one attached hydrogen (secondary N) is 3. The Morgan fingerprint density at radius 3 is 2.75 bits per heavy atom. The van der Waals surface area contributed by atoms with Crippen LogP contribution in [0.4, 0.5) is 0 Å². The molecule has 1 aromatic rings. The second-order valence-corrected chi connectivity index (χ2v) is 5.64. The largest absolute Gasteiger partial charge is 0.356 e. The number of carbonyl (C=O) groups excluding carboxylic acids is 1. The molecule has 0 aliphatic rings. The zero-order valence-electron chi connectivity index (χ0n) is 12.3. The fourth-order valence-electron chi connectivity index (χ4n) is 1.52. The number of hydrogen-bond donors (Lipinski definition) is 3. The Labute approximate surface area is 124 Å². The molecule has 7 heteroatoms. The quantitative estimate of drug-likeness (QED) is 0.511. The normalized spacial score (nSPS) is 11.2. The summed E-state index contributed by atoms with van der Waals surface area (Å²) in [6.45, 7) is 5.74. The molecule has 0 spiro atoms. The molecular weight excluding hydrogens is 274 g/mol. The number of aryl methyl sites for hydroxylation is 1. The predicted octanol–water partition coefficient (Wildman–Crippen LogP) is 0.685. The topological polar surface area (TPSA) is 78.4 Å². The highest BCUT2D eigenvalue weighted by molar-refractivity contribution is 7.11. The third kappa shape index (κ3) is 6.51. The van der Waals surface area contributed by atoms with Crippen molar-refractivity contribution in [2.75, 3.05) is 26.7 Å². The summed E-state index contributed by atoms with van der Waals surface area (Å²) in [5.41, 5.74) is 0. The van der Waals surface area contributed by atoms with Crippen LogP contribution in [0.1, 0.15) is 23.2 Å². The average Bonchev–Trinajstić information content (AvgIpc) is 2.85. The molecule has 0 atom stereocenters. The van der Waals surface area contributed by atoms with Gasteiger partial charge in [-0.05, 0) is 13.3 Å². The summed E-state index contributed by atoms with van der Waals surface area (Å²) in [5, 5.41) is 10.1. The van der Waals surface area contributed by atoms with E-state index in [1.54, 1.807) is 18.4 Å². The third-order valence-corrected chi connectivity index (χ3v) is 3.49. The lowest BCUT2D eigenvalue weighted by molar-refractivity contribution is -0.120. The predicted molar refractivity (Wildman–Crippen MR) is 83.2 cm³/mol. The number of amides is 1. The number of nitrogens with zero attached hydrogens (tertiary/aromatic N) is 2. The van der Waals surface area contributed by atoms with E-state index in [-0.39, 0.29) is 12.5 Å². The van der Waals surface area contributed by atoms with Crippen molar-refractivity contribution in [3.8, 4) is 0 Å². The van der Waals surface area contributed by atoms with Gasteiger partial charge in [0, 0.05) is 37.6 Å². The second-order valence-electron chi connectivity index (χ2n) is 4.32. The Hall–Kier alpha value is -1.63. The first-order valence-corrected chi connectivity index (χ1v) is 7.60. The Bertz CT molecular complexity index is 444. The fourth-order valence-corrected chi connectivity index (χ4v) is 2.30. The zero-order valence-corrected chi connectivity index (χ0v) is 13.1. The Balaban J connectivity index is 2.21. The number of aliphatic imine (C=N–C) groups is 1. The van der Waals surface area contributed by atoms with Crippen LogP contribution in [-0.4, -0.2) is 43.5 Å². The smallest absolute Gasteiger partial charge is 0.239 e. The molecule has 0 aromatic carbocycles. The van der Waals surface area contributed by atoms with E-state index in [0.717, 1.165) is 24.4 Å². The van der Waals surface area contributed by atoms with E-state index in [0.29, 0.717) is 12.5 Å². The van der Waals surface area contributed by atoms with Crippen LogP contribution in [0.15, 0.2) is 11.2 Å². The minimum absolute atomic E-state index is 0.0228. The number of thiazole rings is 1. The van der Waals surface area contributed by atoms with Gasteiger partial charge in [0.2, 0.25) is 5.91 Å². The van der Waals surface area contributed by atoms with Crippen LogP contribution in [0, 0.1) is 6.92 Å². The number of carbonyl (C=O) groups is 1. The van der Waals surface area contributed by atoms with Gasteiger partial charge in [0.25, 0.3) is 0 Å². The molecule has 1 heterocycles. The van der Waals surface area contributed by atoms with Crippen LogP contribution in [0.5, 0.6) is 0 Å². The lowest BCUT2D eigenvalue weighted by Crippen LogP contribution is -2.43. The first kappa shape index (κ1) is 16.4. The fraction of sp³-hybridized carbons (Fsp3) is 0.615. The number of guanidine groups is 1. The molecule has 6 nitrogen and oxygen atoms in total. The zero-order chi connectivity index (χ0) is 14.8. The summed E-state index contributed by atoms with van der Waals surface area (Å²) < 4.78 is 0. The van der Waals surface area contributed by atoms with E-state index in [9.17, 15) is 4.79 Å². The molecular formula is C13H23N5OS. The number of aromatic nitrogens is 1. The molecule has 0 bridgehead atoms. The average molecular weight is 297 g/mol. The van der Waals surface area contributed by atoms with Gasteiger partial charge in [-0.2, -0.15) is 0 Å². The summed E-state index contributed by atoms with van der Waals surface area (Å²) in [6.07, 6.45) is 3.67. The first-order valence-electron chi connectivity index (χ1n) is 6.78. The van der Waals surface area contributed by atoms with Crippen molar-refractivity contribution in [1.29, 1.82) is 0 Å². The van der Waals surface area contributed by atoms with Crippen molar-refractivity contribution in [3.63, 3.8) is 0 Å². The minimum Gasteiger partial charge on any atom is -0.356 e. The van der Waals surface area contributed by atoms with Crippen LogP contribution < -0.4 is 16.0 Å². The number of rotatable bonds is 7. The highest BCUT2D eigenvalue weighted by atomic mass is 32.1. The molecule has 0 unspecified atom stereocenters. The molecule has 20 heavy (non-hydrogen) atoms. The molecule has 1 aromatic heterocycles.